The zero-order valence-electron chi connectivity index (χ0n) is 12.3. The summed E-state index contributed by atoms with van der Waals surface area (Å²) in [4.78, 5) is 13.0. The molecule has 4 rings (SSSR count). The second-order valence-electron chi connectivity index (χ2n) is 5.55. The maximum absolute atomic E-state index is 13.0. The molecule has 0 radical (unpaired) electrons. The maximum atomic E-state index is 13.0. The van der Waals surface area contributed by atoms with E-state index in [2.05, 4.69) is 18.2 Å². The molecule has 0 atom stereocenters. The van der Waals surface area contributed by atoms with Crippen LogP contribution in [0.3, 0.4) is 0 Å². The molecular weight excluding hydrogens is 270 g/mol. The molecule has 0 saturated heterocycles. The number of hydrogen-bond acceptors (Lipinski definition) is 1. The fourth-order valence-electron chi connectivity index (χ4n) is 3.01. The number of carbonyl (C=O) groups excluding carboxylic acids is 1. The van der Waals surface area contributed by atoms with Crippen molar-refractivity contribution >= 4 is 22.1 Å². The van der Waals surface area contributed by atoms with Gasteiger partial charge in [-0.25, -0.2) is 0 Å². The van der Waals surface area contributed by atoms with Gasteiger partial charge in [-0.3, -0.25) is 4.79 Å². The first kappa shape index (κ1) is 12.8. The van der Waals surface area contributed by atoms with Gasteiger partial charge in [0.2, 0.25) is 5.78 Å². The third-order valence-electron chi connectivity index (χ3n) is 4.05. The molecule has 0 saturated carbocycles. The first-order chi connectivity index (χ1) is 10.8. The Hall–Kier alpha value is -2.87. The van der Waals surface area contributed by atoms with E-state index in [9.17, 15) is 4.79 Å². The first-order valence-electron chi connectivity index (χ1n) is 7.35. The van der Waals surface area contributed by atoms with E-state index in [1.54, 1.807) is 0 Å². The predicted molar refractivity (Wildman–Crippen MR) is 89.5 cm³/mol. The van der Waals surface area contributed by atoms with E-state index in [-0.39, 0.29) is 5.78 Å². The van der Waals surface area contributed by atoms with Crippen LogP contribution in [-0.2, 0) is 0 Å². The zero-order valence-corrected chi connectivity index (χ0v) is 12.3. The zero-order chi connectivity index (χ0) is 15.1. The van der Waals surface area contributed by atoms with Crippen LogP contribution in [0, 0.1) is 6.92 Å². The summed E-state index contributed by atoms with van der Waals surface area (Å²) in [7, 11) is 0. The lowest BCUT2D eigenvalue weighted by atomic mass is 10.0. The van der Waals surface area contributed by atoms with Gasteiger partial charge in [0.1, 0.15) is 5.69 Å². The normalized spacial score (nSPS) is 11.1. The van der Waals surface area contributed by atoms with Crippen LogP contribution >= 0.6 is 0 Å². The number of fused-ring (bicyclic) bond motifs is 3. The van der Waals surface area contributed by atoms with Gasteiger partial charge in [0.15, 0.2) is 0 Å². The molecule has 0 aliphatic rings. The molecule has 22 heavy (non-hydrogen) atoms. The van der Waals surface area contributed by atoms with Crippen LogP contribution in [0.2, 0.25) is 0 Å². The topological polar surface area (TPSA) is 21.5 Å². The van der Waals surface area contributed by atoms with Gasteiger partial charge in [-0.2, -0.15) is 0 Å². The molecular formula is C20H15NO. The minimum Gasteiger partial charge on any atom is -0.312 e. The van der Waals surface area contributed by atoms with Crippen LogP contribution in [0.15, 0.2) is 72.9 Å². The van der Waals surface area contributed by atoms with Crippen molar-refractivity contribution in [2.24, 2.45) is 0 Å². The number of carbonyl (C=O) groups is 1. The Labute approximate surface area is 128 Å². The van der Waals surface area contributed by atoms with E-state index < -0.39 is 0 Å². The molecule has 2 heterocycles. The van der Waals surface area contributed by atoms with Crippen LogP contribution < -0.4 is 0 Å². The minimum absolute atomic E-state index is 0.0578. The average Bonchev–Trinajstić information content (AvgIpc) is 2.88. The average molecular weight is 285 g/mol. The summed E-state index contributed by atoms with van der Waals surface area (Å²) < 4.78 is 2.02. The van der Waals surface area contributed by atoms with Gasteiger partial charge in [-0.1, -0.05) is 60.7 Å². The molecule has 2 nitrogen and oxygen atoms in total. The molecule has 0 fully saturated rings. The summed E-state index contributed by atoms with van der Waals surface area (Å²) in [6, 6.07) is 21.7. The van der Waals surface area contributed by atoms with Gasteiger partial charge in [0.25, 0.3) is 0 Å². The summed E-state index contributed by atoms with van der Waals surface area (Å²) >= 11 is 0. The molecule has 0 unspecified atom stereocenters. The standard InChI is InChI=1S/C20H15NO/c1-14-11-12-18-16-9-5-6-10-17(16)19(21(18)13-14)20(22)15-7-3-2-4-8-15/h2-13H,1H3. The van der Waals surface area contributed by atoms with E-state index in [0.717, 1.165) is 27.5 Å². The number of hydrogen-bond donors (Lipinski definition) is 0. The summed E-state index contributed by atoms with van der Waals surface area (Å²) in [5.74, 6) is 0.0578. The van der Waals surface area contributed by atoms with Gasteiger partial charge in [-0.05, 0) is 18.6 Å². The van der Waals surface area contributed by atoms with Crippen LogP contribution in [-0.4, -0.2) is 10.2 Å². The van der Waals surface area contributed by atoms with Crippen molar-refractivity contribution in [3.05, 3.63) is 89.7 Å². The predicted octanol–water partition coefficient (Wildman–Crippen LogP) is 4.63. The lowest BCUT2D eigenvalue weighted by Gasteiger charge is -2.04. The Morgan fingerprint density at radius 1 is 0.818 bits per heavy atom. The number of nitrogens with zero attached hydrogens (tertiary/aromatic N) is 1. The molecule has 0 aliphatic carbocycles. The van der Waals surface area contributed by atoms with E-state index >= 15 is 0 Å². The second kappa shape index (κ2) is 4.85. The summed E-state index contributed by atoms with van der Waals surface area (Å²) in [5, 5.41) is 2.11. The molecule has 2 aromatic carbocycles. The third-order valence-corrected chi connectivity index (χ3v) is 4.05. The van der Waals surface area contributed by atoms with Crippen LogP contribution in [0.1, 0.15) is 21.6 Å². The summed E-state index contributed by atoms with van der Waals surface area (Å²) in [6.07, 6.45) is 2.03. The number of rotatable bonds is 2. The Balaban J connectivity index is 2.10. The Kier molecular flexibility index (Phi) is 2.83. The van der Waals surface area contributed by atoms with Crippen molar-refractivity contribution in [3.8, 4) is 0 Å². The van der Waals surface area contributed by atoms with Crippen molar-refractivity contribution in [2.45, 2.75) is 6.92 Å². The van der Waals surface area contributed by atoms with Crippen molar-refractivity contribution in [2.75, 3.05) is 0 Å². The summed E-state index contributed by atoms with van der Waals surface area (Å²) in [5.41, 5.74) is 3.66. The van der Waals surface area contributed by atoms with Crippen LogP contribution in [0.25, 0.3) is 16.3 Å². The SMILES string of the molecule is Cc1ccc2c3ccccc3c(C(=O)c3ccccc3)n2c1. The fraction of sp³-hybridized carbons (Fsp3) is 0.0500. The van der Waals surface area contributed by atoms with E-state index in [1.165, 1.54) is 0 Å². The third kappa shape index (κ3) is 1.85. The highest BCUT2D eigenvalue weighted by Gasteiger charge is 2.18. The lowest BCUT2D eigenvalue weighted by molar-refractivity contribution is 0.103. The second-order valence-corrected chi connectivity index (χ2v) is 5.55. The largest absolute Gasteiger partial charge is 0.312 e. The molecule has 2 aromatic heterocycles. The first-order valence-corrected chi connectivity index (χ1v) is 7.35. The summed E-state index contributed by atoms with van der Waals surface area (Å²) in [6.45, 7) is 2.04. The van der Waals surface area contributed by atoms with Crippen LogP contribution in [0.4, 0.5) is 0 Å². The number of pyridine rings is 1. The van der Waals surface area contributed by atoms with Gasteiger partial charge in [0.05, 0.1) is 5.52 Å². The van der Waals surface area contributed by atoms with Crippen molar-refractivity contribution in [1.82, 2.24) is 4.40 Å². The van der Waals surface area contributed by atoms with Gasteiger partial charge in [-0.15, -0.1) is 0 Å². The van der Waals surface area contributed by atoms with Crippen molar-refractivity contribution < 1.29 is 4.79 Å². The molecule has 4 aromatic rings. The smallest absolute Gasteiger partial charge is 0.210 e. The number of ketones is 1. The fourth-order valence-corrected chi connectivity index (χ4v) is 3.01. The van der Waals surface area contributed by atoms with E-state index in [1.807, 2.05) is 66.1 Å². The lowest BCUT2D eigenvalue weighted by Crippen LogP contribution is -2.05. The Morgan fingerprint density at radius 2 is 1.50 bits per heavy atom. The van der Waals surface area contributed by atoms with Gasteiger partial charge >= 0.3 is 0 Å². The monoisotopic (exact) mass is 285 g/mol. The molecule has 0 amide bonds. The quantitative estimate of drug-likeness (QED) is 0.492. The molecule has 106 valence electrons. The van der Waals surface area contributed by atoms with Crippen molar-refractivity contribution in [1.29, 1.82) is 0 Å². The molecule has 0 spiro atoms. The van der Waals surface area contributed by atoms with E-state index in [4.69, 9.17) is 0 Å². The number of benzene rings is 2. The Morgan fingerprint density at radius 3 is 2.27 bits per heavy atom. The molecule has 2 heteroatoms. The van der Waals surface area contributed by atoms with E-state index in [0.29, 0.717) is 5.56 Å². The molecule has 0 aliphatic heterocycles. The van der Waals surface area contributed by atoms with Crippen LogP contribution in [0.5, 0.6) is 0 Å². The Bertz CT molecular complexity index is 996. The van der Waals surface area contributed by atoms with Gasteiger partial charge < -0.3 is 4.40 Å². The molecule has 0 N–H and O–H groups in total. The van der Waals surface area contributed by atoms with Crippen molar-refractivity contribution in [3.63, 3.8) is 0 Å². The maximum Gasteiger partial charge on any atom is 0.210 e. The number of aryl methyl sites for hydroxylation is 1. The molecule has 0 bridgehead atoms. The highest BCUT2D eigenvalue weighted by Crippen LogP contribution is 2.28. The van der Waals surface area contributed by atoms with Gasteiger partial charge in [0, 0.05) is 22.5 Å². The highest BCUT2D eigenvalue weighted by atomic mass is 16.1. The minimum atomic E-state index is 0.0578. The highest BCUT2D eigenvalue weighted by molar-refractivity contribution is 6.19. The number of aromatic nitrogens is 1.